The van der Waals surface area contributed by atoms with Gasteiger partial charge in [-0.2, -0.15) is 0 Å². The van der Waals surface area contributed by atoms with E-state index in [0.29, 0.717) is 13.0 Å². The van der Waals surface area contributed by atoms with Crippen LogP contribution in [0.25, 0.3) is 0 Å². The third-order valence-corrected chi connectivity index (χ3v) is 3.48. The molecule has 4 nitrogen and oxygen atoms in total. The molecule has 22 heavy (non-hydrogen) atoms. The molecule has 1 aromatic heterocycles. The molecule has 0 radical (unpaired) electrons. The summed E-state index contributed by atoms with van der Waals surface area (Å²) in [6, 6.07) is 9.55. The topological polar surface area (TPSA) is 51.5 Å². The Bertz CT molecular complexity index is 624. The standard InChI is InChI=1S/C18H23NO3/c1-18(2,3)15-10-13(7-8-16(15)21-4)11-17(20)19-12-14-6-5-9-22-14/h5-10H,11-12H2,1-4H3,(H,19,20). The van der Waals surface area contributed by atoms with Crippen LogP contribution in [0.3, 0.4) is 0 Å². The minimum atomic E-state index is -0.0357. The number of nitrogens with one attached hydrogen (secondary N) is 1. The first-order chi connectivity index (χ1) is 10.4. The Kier molecular flexibility index (Phi) is 4.91. The molecule has 1 heterocycles. The van der Waals surface area contributed by atoms with Crippen molar-refractivity contribution in [2.75, 3.05) is 7.11 Å². The normalized spacial score (nSPS) is 11.3. The van der Waals surface area contributed by atoms with E-state index in [2.05, 4.69) is 26.1 Å². The van der Waals surface area contributed by atoms with Crippen LogP contribution in [0, 0.1) is 0 Å². The number of benzene rings is 1. The molecule has 0 atom stereocenters. The van der Waals surface area contributed by atoms with Gasteiger partial charge in [0, 0.05) is 0 Å². The van der Waals surface area contributed by atoms with Crippen LogP contribution in [0.2, 0.25) is 0 Å². The Hall–Kier alpha value is -2.23. The lowest BCUT2D eigenvalue weighted by atomic mass is 9.85. The number of carbonyl (C=O) groups excluding carboxylic acids is 1. The zero-order valence-corrected chi connectivity index (χ0v) is 13.6. The third kappa shape index (κ3) is 4.13. The van der Waals surface area contributed by atoms with Gasteiger partial charge in [0.1, 0.15) is 11.5 Å². The lowest BCUT2D eigenvalue weighted by molar-refractivity contribution is -0.120. The van der Waals surface area contributed by atoms with Crippen LogP contribution in [-0.2, 0) is 23.2 Å². The van der Waals surface area contributed by atoms with Gasteiger partial charge in [0.2, 0.25) is 5.91 Å². The molecule has 1 amide bonds. The van der Waals surface area contributed by atoms with E-state index >= 15 is 0 Å². The number of methoxy groups -OCH3 is 1. The summed E-state index contributed by atoms with van der Waals surface area (Å²) in [5.41, 5.74) is 2.04. The second-order valence-electron chi connectivity index (χ2n) is 6.32. The number of furan rings is 1. The summed E-state index contributed by atoms with van der Waals surface area (Å²) in [7, 11) is 1.67. The van der Waals surface area contributed by atoms with E-state index in [1.807, 2.05) is 24.3 Å². The summed E-state index contributed by atoms with van der Waals surface area (Å²) >= 11 is 0. The van der Waals surface area contributed by atoms with Gasteiger partial charge in [-0.25, -0.2) is 0 Å². The average Bonchev–Trinajstić information content (AvgIpc) is 2.97. The van der Waals surface area contributed by atoms with Crippen LogP contribution < -0.4 is 10.1 Å². The fourth-order valence-electron chi connectivity index (χ4n) is 2.30. The molecule has 4 heteroatoms. The van der Waals surface area contributed by atoms with Crippen molar-refractivity contribution in [1.29, 1.82) is 0 Å². The molecular formula is C18H23NO3. The SMILES string of the molecule is COc1ccc(CC(=O)NCc2ccco2)cc1C(C)(C)C. The molecule has 0 aliphatic rings. The van der Waals surface area contributed by atoms with Gasteiger partial charge in [0.05, 0.1) is 26.3 Å². The zero-order valence-electron chi connectivity index (χ0n) is 13.6. The number of ether oxygens (including phenoxy) is 1. The van der Waals surface area contributed by atoms with E-state index in [0.717, 1.165) is 22.6 Å². The number of carbonyl (C=O) groups is 1. The minimum absolute atomic E-state index is 0.0265. The van der Waals surface area contributed by atoms with Gasteiger partial charge in [0.15, 0.2) is 0 Å². The first-order valence-corrected chi connectivity index (χ1v) is 7.36. The fraction of sp³-hybridized carbons (Fsp3) is 0.389. The first kappa shape index (κ1) is 16.1. The molecule has 0 bridgehead atoms. The van der Waals surface area contributed by atoms with Crippen molar-refractivity contribution in [3.8, 4) is 5.75 Å². The molecule has 1 aromatic carbocycles. The highest BCUT2D eigenvalue weighted by molar-refractivity contribution is 5.78. The summed E-state index contributed by atoms with van der Waals surface area (Å²) in [6.07, 6.45) is 1.94. The van der Waals surface area contributed by atoms with Gasteiger partial charge in [-0.15, -0.1) is 0 Å². The van der Waals surface area contributed by atoms with Crippen molar-refractivity contribution in [2.24, 2.45) is 0 Å². The summed E-state index contributed by atoms with van der Waals surface area (Å²) < 4.78 is 10.6. The minimum Gasteiger partial charge on any atom is -0.496 e. The Morgan fingerprint density at radius 3 is 2.64 bits per heavy atom. The summed E-state index contributed by atoms with van der Waals surface area (Å²) in [4.78, 5) is 12.0. The van der Waals surface area contributed by atoms with Gasteiger partial charge in [-0.1, -0.05) is 32.9 Å². The predicted octanol–water partition coefficient (Wildman–Crippen LogP) is 3.44. The molecular weight excluding hydrogens is 278 g/mol. The molecule has 2 rings (SSSR count). The number of rotatable bonds is 5. The highest BCUT2D eigenvalue weighted by Crippen LogP contribution is 2.32. The predicted molar refractivity (Wildman–Crippen MR) is 86.0 cm³/mol. The van der Waals surface area contributed by atoms with Gasteiger partial charge in [-0.3, -0.25) is 4.79 Å². The highest BCUT2D eigenvalue weighted by atomic mass is 16.5. The van der Waals surface area contributed by atoms with Crippen LogP contribution in [0.1, 0.15) is 37.7 Å². The van der Waals surface area contributed by atoms with Crippen LogP contribution in [0.4, 0.5) is 0 Å². The van der Waals surface area contributed by atoms with Gasteiger partial charge >= 0.3 is 0 Å². The molecule has 118 valence electrons. The van der Waals surface area contributed by atoms with E-state index in [1.54, 1.807) is 19.4 Å². The number of amides is 1. The smallest absolute Gasteiger partial charge is 0.224 e. The van der Waals surface area contributed by atoms with E-state index in [-0.39, 0.29) is 11.3 Å². The second kappa shape index (κ2) is 6.69. The average molecular weight is 301 g/mol. The number of hydrogen-bond acceptors (Lipinski definition) is 3. The van der Waals surface area contributed by atoms with Crippen molar-refractivity contribution in [3.05, 3.63) is 53.5 Å². The number of hydrogen-bond donors (Lipinski definition) is 1. The van der Waals surface area contributed by atoms with Crippen LogP contribution in [-0.4, -0.2) is 13.0 Å². The molecule has 0 saturated carbocycles. The van der Waals surface area contributed by atoms with Crippen molar-refractivity contribution < 1.29 is 13.9 Å². The van der Waals surface area contributed by atoms with Gasteiger partial charge < -0.3 is 14.5 Å². The van der Waals surface area contributed by atoms with Crippen LogP contribution >= 0.6 is 0 Å². The maximum absolute atomic E-state index is 12.0. The third-order valence-electron chi connectivity index (χ3n) is 3.48. The molecule has 0 unspecified atom stereocenters. The van der Waals surface area contributed by atoms with Crippen LogP contribution in [0.15, 0.2) is 41.0 Å². The van der Waals surface area contributed by atoms with Crippen molar-refractivity contribution in [3.63, 3.8) is 0 Å². The molecule has 0 saturated heterocycles. The quantitative estimate of drug-likeness (QED) is 0.920. The first-order valence-electron chi connectivity index (χ1n) is 7.36. The van der Waals surface area contributed by atoms with E-state index in [9.17, 15) is 4.79 Å². The largest absolute Gasteiger partial charge is 0.496 e. The summed E-state index contributed by atoms with van der Waals surface area (Å²) in [6.45, 7) is 6.80. The molecule has 0 aliphatic heterocycles. The Morgan fingerprint density at radius 1 is 1.27 bits per heavy atom. The van der Waals surface area contributed by atoms with Gasteiger partial charge in [0.25, 0.3) is 0 Å². The van der Waals surface area contributed by atoms with Gasteiger partial charge in [-0.05, 0) is 34.7 Å². The lowest BCUT2D eigenvalue weighted by Crippen LogP contribution is -2.24. The maximum atomic E-state index is 12.0. The summed E-state index contributed by atoms with van der Waals surface area (Å²) in [5, 5.41) is 2.86. The lowest BCUT2D eigenvalue weighted by Gasteiger charge is -2.22. The molecule has 1 N–H and O–H groups in total. The molecule has 0 aliphatic carbocycles. The maximum Gasteiger partial charge on any atom is 0.224 e. The van der Waals surface area contributed by atoms with E-state index in [1.165, 1.54) is 0 Å². The van der Waals surface area contributed by atoms with Crippen molar-refractivity contribution >= 4 is 5.91 Å². The van der Waals surface area contributed by atoms with Crippen molar-refractivity contribution in [1.82, 2.24) is 5.32 Å². The molecule has 0 spiro atoms. The van der Waals surface area contributed by atoms with Crippen LogP contribution in [0.5, 0.6) is 5.75 Å². The molecule has 0 fully saturated rings. The zero-order chi connectivity index (χ0) is 16.2. The van der Waals surface area contributed by atoms with E-state index < -0.39 is 0 Å². The summed E-state index contributed by atoms with van der Waals surface area (Å²) in [5.74, 6) is 1.58. The van der Waals surface area contributed by atoms with E-state index in [4.69, 9.17) is 9.15 Å². The Balaban J connectivity index is 2.04. The molecule has 2 aromatic rings. The monoisotopic (exact) mass is 301 g/mol. The Morgan fingerprint density at radius 2 is 2.05 bits per heavy atom. The second-order valence-corrected chi connectivity index (χ2v) is 6.32. The Labute approximate surface area is 131 Å². The highest BCUT2D eigenvalue weighted by Gasteiger charge is 2.19. The fourth-order valence-corrected chi connectivity index (χ4v) is 2.30. The van der Waals surface area contributed by atoms with Crippen molar-refractivity contribution in [2.45, 2.75) is 39.2 Å².